The highest BCUT2D eigenvalue weighted by Crippen LogP contribution is 2.06. The molecule has 0 radical (unpaired) electrons. The first kappa shape index (κ1) is 15.9. The molecule has 0 fully saturated rings. The summed E-state index contributed by atoms with van der Waals surface area (Å²) in [5.41, 5.74) is -0.156. The van der Waals surface area contributed by atoms with Crippen LogP contribution >= 0.6 is 0 Å². The van der Waals surface area contributed by atoms with Crippen molar-refractivity contribution >= 4 is 0 Å². The molecule has 0 aliphatic carbocycles. The summed E-state index contributed by atoms with van der Waals surface area (Å²) < 4.78 is 0. The fourth-order valence-electron chi connectivity index (χ4n) is 1.90. The molecular weight excluding hydrogens is 200 g/mol. The number of hydrogen-bond donors (Lipinski definition) is 2. The second kappa shape index (κ2) is 8.97. The molecule has 3 nitrogen and oxygen atoms in total. The van der Waals surface area contributed by atoms with Gasteiger partial charge in [0.2, 0.25) is 0 Å². The van der Waals surface area contributed by atoms with E-state index in [9.17, 15) is 5.11 Å². The number of unbranched alkanes of at least 4 members (excludes halogenated alkanes) is 2. The number of rotatable bonds is 10. The van der Waals surface area contributed by atoms with Crippen LogP contribution in [-0.4, -0.2) is 48.8 Å². The van der Waals surface area contributed by atoms with E-state index >= 15 is 0 Å². The molecule has 0 spiro atoms. The van der Waals surface area contributed by atoms with Crippen LogP contribution in [0.2, 0.25) is 0 Å². The first-order valence-corrected chi connectivity index (χ1v) is 6.62. The summed E-state index contributed by atoms with van der Waals surface area (Å²) in [5, 5.41) is 12.9. The zero-order valence-corrected chi connectivity index (χ0v) is 11.6. The fraction of sp³-hybridized carbons (Fsp3) is 1.00. The van der Waals surface area contributed by atoms with E-state index < -0.39 is 0 Å². The number of aliphatic hydroxyl groups is 1. The normalized spacial score (nSPS) is 15.4. The summed E-state index contributed by atoms with van der Waals surface area (Å²) in [6.07, 6.45) is 4.92. The molecular formula is C13H30N2O. The standard InChI is InChI=1S/C13H30N2O/c1-5-7-8-10-15(4)11-13(3,12-16)14-9-6-2/h14,16H,5-12H2,1-4H3. The second-order valence-corrected chi connectivity index (χ2v) is 5.09. The molecule has 0 saturated carbocycles. The minimum atomic E-state index is -0.156. The molecule has 16 heavy (non-hydrogen) atoms. The van der Waals surface area contributed by atoms with Crippen molar-refractivity contribution in [1.29, 1.82) is 0 Å². The van der Waals surface area contributed by atoms with Gasteiger partial charge in [-0.3, -0.25) is 0 Å². The van der Waals surface area contributed by atoms with Crippen molar-refractivity contribution in [2.24, 2.45) is 0 Å². The molecule has 1 atom stereocenters. The van der Waals surface area contributed by atoms with Crippen molar-refractivity contribution in [3.8, 4) is 0 Å². The maximum absolute atomic E-state index is 9.44. The number of nitrogens with one attached hydrogen (secondary N) is 1. The molecule has 0 aromatic heterocycles. The van der Waals surface area contributed by atoms with Gasteiger partial charge in [0.05, 0.1) is 12.1 Å². The summed E-state index contributed by atoms with van der Waals surface area (Å²) in [7, 11) is 2.14. The average Bonchev–Trinajstić information content (AvgIpc) is 2.27. The van der Waals surface area contributed by atoms with Gasteiger partial charge >= 0.3 is 0 Å². The highest BCUT2D eigenvalue weighted by molar-refractivity contribution is 4.85. The molecule has 0 aliphatic heterocycles. The Hall–Kier alpha value is -0.120. The van der Waals surface area contributed by atoms with Crippen LogP contribution in [-0.2, 0) is 0 Å². The van der Waals surface area contributed by atoms with Gasteiger partial charge in [-0.1, -0.05) is 26.7 Å². The van der Waals surface area contributed by atoms with Crippen molar-refractivity contribution in [2.75, 3.05) is 33.3 Å². The van der Waals surface area contributed by atoms with Crippen molar-refractivity contribution < 1.29 is 5.11 Å². The molecule has 0 heterocycles. The van der Waals surface area contributed by atoms with Gasteiger partial charge in [0.15, 0.2) is 0 Å². The van der Waals surface area contributed by atoms with E-state index in [1.807, 2.05) is 0 Å². The predicted octanol–water partition coefficient (Wildman–Crippen LogP) is 1.86. The van der Waals surface area contributed by atoms with Gasteiger partial charge in [-0.15, -0.1) is 0 Å². The van der Waals surface area contributed by atoms with Gasteiger partial charge in [-0.05, 0) is 39.9 Å². The maximum atomic E-state index is 9.44. The summed E-state index contributed by atoms with van der Waals surface area (Å²) in [6, 6.07) is 0. The SMILES string of the molecule is CCCCCN(C)CC(C)(CO)NCCC. The number of aliphatic hydroxyl groups excluding tert-OH is 1. The van der Waals surface area contributed by atoms with Crippen LogP contribution in [0, 0.1) is 0 Å². The van der Waals surface area contributed by atoms with Crippen LogP contribution in [0.5, 0.6) is 0 Å². The van der Waals surface area contributed by atoms with Gasteiger partial charge in [-0.25, -0.2) is 0 Å². The quantitative estimate of drug-likeness (QED) is 0.562. The van der Waals surface area contributed by atoms with E-state index in [4.69, 9.17) is 0 Å². The van der Waals surface area contributed by atoms with E-state index in [0.717, 1.165) is 26.1 Å². The Kier molecular flexibility index (Phi) is 8.90. The number of nitrogens with zero attached hydrogens (tertiary/aromatic N) is 1. The van der Waals surface area contributed by atoms with Crippen LogP contribution in [0.3, 0.4) is 0 Å². The Balaban J connectivity index is 3.89. The van der Waals surface area contributed by atoms with E-state index in [-0.39, 0.29) is 12.1 Å². The van der Waals surface area contributed by atoms with E-state index in [1.165, 1.54) is 19.3 Å². The predicted molar refractivity (Wildman–Crippen MR) is 70.8 cm³/mol. The lowest BCUT2D eigenvalue weighted by atomic mass is 10.0. The van der Waals surface area contributed by atoms with Crippen LogP contribution in [0.1, 0.15) is 46.5 Å². The number of hydrogen-bond acceptors (Lipinski definition) is 3. The smallest absolute Gasteiger partial charge is 0.0623 e. The third-order valence-corrected chi connectivity index (χ3v) is 2.91. The lowest BCUT2D eigenvalue weighted by Crippen LogP contribution is -2.53. The highest BCUT2D eigenvalue weighted by atomic mass is 16.3. The topological polar surface area (TPSA) is 35.5 Å². The first-order chi connectivity index (χ1) is 7.58. The van der Waals surface area contributed by atoms with Crippen LogP contribution < -0.4 is 5.32 Å². The Morgan fingerprint density at radius 2 is 1.88 bits per heavy atom. The molecule has 0 saturated heterocycles. The third kappa shape index (κ3) is 7.20. The van der Waals surface area contributed by atoms with E-state index in [0.29, 0.717) is 0 Å². The van der Waals surface area contributed by atoms with Crippen molar-refractivity contribution in [1.82, 2.24) is 10.2 Å². The van der Waals surface area contributed by atoms with Gasteiger partial charge in [0.25, 0.3) is 0 Å². The van der Waals surface area contributed by atoms with Gasteiger partial charge < -0.3 is 15.3 Å². The van der Waals surface area contributed by atoms with E-state index in [1.54, 1.807) is 0 Å². The average molecular weight is 230 g/mol. The van der Waals surface area contributed by atoms with Crippen LogP contribution in [0.25, 0.3) is 0 Å². The maximum Gasteiger partial charge on any atom is 0.0623 e. The van der Waals surface area contributed by atoms with Crippen LogP contribution in [0.4, 0.5) is 0 Å². The summed E-state index contributed by atoms with van der Waals surface area (Å²) in [5.74, 6) is 0. The summed E-state index contributed by atoms with van der Waals surface area (Å²) >= 11 is 0. The van der Waals surface area contributed by atoms with Crippen molar-refractivity contribution in [3.05, 3.63) is 0 Å². The molecule has 0 aromatic rings. The minimum Gasteiger partial charge on any atom is -0.394 e. The number of likely N-dealkylation sites (N-methyl/N-ethyl adjacent to an activating group) is 1. The second-order valence-electron chi connectivity index (χ2n) is 5.09. The molecule has 98 valence electrons. The summed E-state index contributed by atoms with van der Waals surface area (Å²) in [6.45, 7) is 9.67. The van der Waals surface area contributed by atoms with Gasteiger partial charge in [-0.2, -0.15) is 0 Å². The van der Waals surface area contributed by atoms with Crippen LogP contribution in [0.15, 0.2) is 0 Å². The van der Waals surface area contributed by atoms with E-state index in [2.05, 4.69) is 38.0 Å². The van der Waals surface area contributed by atoms with Crippen molar-refractivity contribution in [2.45, 2.75) is 52.0 Å². The Morgan fingerprint density at radius 3 is 2.38 bits per heavy atom. The zero-order chi connectivity index (χ0) is 12.4. The van der Waals surface area contributed by atoms with Crippen molar-refractivity contribution in [3.63, 3.8) is 0 Å². The molecule has 2 N–H and O–H groups in total. The Bertz CT molecular complexity index is 164. The molecule has 0 aromatic carbocycles. The first-order valence-electron chi connectivity index (χ1n) is 6.62. The lowest BCUT2D eigenvalue weighted by molar-refractivity contribution is 0.131. The Morgan fingerprint density at radius 1 is 1.19 bits per heavy atom. The zero-order valence-electron chi connectivity index (χ0n) is 11.6. The largest absolute Gasteiger partial charge is 0.394 e. The monoisotopic (exact) mass is 230 g/mol. The molecule has 0 rings (SSSR count). The lowest BCUT2D eigenvalue weighted by Gasteiger charge is -2.33. The molecule has 1 unspecified atom stereocenters. The minimum absolute atomic E-state index is 0.156. The summed E-state index contributed by atoms with van der Waals surface area (Å²) in [4.78, 5) is 2.31. The highest BCUT2D eigenvalue weighted by Gasteiger charge is 2.23. The molecule has 0 bridgehead atoms. The molecule has 0 aliphatic rings. The van der Waals surface area contributed by atoms with Gasteiger partial charge in [0, 0.05) is 6.54 Å². The Labute approximate surface area is 101 Å². The third-order valence-electron chi connectivity index (χ3n) is 2.91. The fourth-order valence-corrected chi connectivity index (χ4v) is 1.90. The molecule has 0 amide bonds. The van der Waals surface area contributed by atoms with Gasteiger partial charge in [0.1, 0.15) is 0 Å². The molecule has 3 heteroatoms.